The molecule has 1 atom stereocenters. The number of pyridine rings is 1. The Morgan fingerprint density at radius 1 is 1.38 bits per heavy atom. The van der Waals surface area contributed by atoms with Crippen molar-refractivity contribution in [1.82, 2.24) is 10.3 Å². The van der Waals surface area contributed by atoms with Gasteiger partial charge in [-0.15, -0.1) is 0 Å². The molecule has 0 radical (unpaired) electrons. The Hall–Kier alpha value is -2.73. The molecular weight excluding hydrogens is 333 g/mol. The smallest absolute Gasteiger partial charge is 0.244 e. The molecule has 1 fully saturated rings. The highest BCUT2D eigenvalue weighted by Crippen LogP contribution is 2.15. The molecule has 0 saturated carbocycles. The summed E-state index contributed by atoms with van der Waals surface area (Å²) in [6.45, 7) is 4.77. The molecule has 2 aromatic rings. The zero-order valence-electron chi connectivity index (χ0n) is 14.7. The molecule has 3 rings (SSSR count). The summed E-state index contributed by atoms with van der Waals surface area (Å²) in [4.78, 5) is 18.5. The number of benzene rings is 1. The van der Waals surface area contributed by atoms with Crippen LogP contribution >= 0.6 is 0 Å². The highest BCUT2D eigenvalue weighted by molar-refractivity contribution is 5.91. The van der Waals surface area contributed by atoms with Crippen LogP contribution in [0.25, 0.3) is 6.08 Å². The van der Waals surface area contributed by atoms with Crippen molar-refractivity contribution in [3.8, 4) is 0 Å². The number of rotatable bonds is 5. The van der Waals surface area contributed by atoms with E-state index in [2.05, 4.69) is 15.2 Å². The number of halogens is 1. The van der Waals surface area contributed by atoms with Crippen molar-refractivity contribution >= 4 is 17.8 Å². The van der Waals surface area contributed by atoms with Crippen molar-refractivity contribution in [2.75, 3.05) is 24.6 Å². The summed E-state index contributed by atoms with van der Waals surface area (Å²) in [5.74, 6) is 0.280. The van der Waals surface area contributed by atoms with Gasteiger partial charge in [0.2, 0.25) is 5.91 Å². The van der Waals surface area contributed by atoms with E-state index < -0.39 is 0 Å². The Morgan fingerprint density at radius 2 is 2.23 bits per heavy atom. The molecule has 2 heterocycles. The zero-order valence-corrected chi connectivity index (χ0v) is 14.7. The second-order valence-corrected chi connectivity index (χ2v) is 6.22. The van der Waals surface area contributed by atoms with E-state index >= 15 is 0 Å². The number of anilines is 1. The summed E-state index contributed by atoms with van der Waals surface area (Å²) < 4.78 is 19.0. The Bertz CT molecular complexity index is 777. The molecule has 1 aromatic heterocycles. The van der Waals surface area contributed by atoms with Gasteiger partial charge in [-0.25, -0.2) is 9.37 Å². The standard InChI is InChI=1S/C20H22FN3O2/c1-15-14-24(10-11-26-15)19-8-6-16(12-22-19)13-23-20(25)9-7-17-4-2-3-5-18(17)21/h2-9,12,15H,10-11,13-14H2,1H3,(H,23,25)/b9-7+. The normalized spacial score (nSPS) is 17.5. The van der Waals surface area contributed by atoms with Crippen LogP contribution in [0.2, 0.25) is 0 Å². The average Bonchev–Trinajstić information content (AvgIpc) is 2.66. The minimum absolute atomic E-state index is 0.200. The molecule has 1 N–H and O–H groups in total. The van der Waals surface area contributed by atoms with Crippen LogP contribution in [0.4, 0.5) is 10.2 Å². The molecule has 5 nitrogen and oxygen atoms in total. The lowest BCUT2D eigenvalue weighted by atomic mass is 10.2. The third kappa shape index (κ3) is 4.89. The SMILES string of the molecule is CC1CN(c2ccc(CNC(=O)/C=C/c3ccccc3F)cn2)CCO1. The van der Waals surface area contributed by atoms with Gasteiger partial charge in [0.05, 0.1) is 12.7 Å². The summed E-state index contributed by atoms with van der Waals surface area (Å²) in [5, 5.41) is 2.77. The van der Waals surface area contributed by atoms with Gasteiger partial charge in [-0.1, -0.05) is 24.3 Å². The summed E-state index contributed by atoms with van der Waals surface area (Å²) in [5.41, 5.74) is 1.29. The summed E-state index contributed by atoms with van der Waals surface area (Å²) >= 11 is 0. The lowest BCUT2D eigenvalue weighted by Gasteiger charge is -2.32. The first kappa shape index (κ1) is 18.1. The number of carbonyl (C=O) groups is 1. The monoisotopic (exact) mass is 355 g/mol. The molecule has 0 bridgehead atoms. The summed E-state index contributed by atoms with van der Waals surface area (Å²) in [7, 11) is 0. The van der Waals surface area contributed by atoms with Crippen LogP contribution < -0.4 is 10.2 Å². The highest BCUT2D eigenvalue weighted by atomic mass is 19.1. The van der Waals surface area contributed by atoms with Crippen LogP contribution in [0.3, 0.4) is 0 Å². The van der Waals surface area contributed by atoms with Gasteiger partial charge in [-0.05, 0) is 30.7 Å². The van der Waals surface area contributed by atoms with E-state index in [1.807, 2.05) is 19.1 Å². The molecule has 1 amide bonds. The Balaban J connectivity index is 1.51. The van der Waals surface area contributed by atoms with Crippen LogP contribution in [0, 0.1) is 5.82 Å². The zero-order chi connectivity index (χ0) is 18.4. The van der Waals surface area contributed by atoms with E-state index in [1.54, 1.807) is 24.4 Å². The van der Waals surface area contributed by atoms with Crippen molar-refractivity contribution in [3.05, 3.63) is 65.6 Å². The second-order valence-electron chi connectivity index (χ2n) is 6.22. The number of hydrogen-bond acceptors (Lipinski definition) is 4. The Morgan fingerprint density at radius 3 is 2.96 bits per heavy atom. The maximum atomic E-state index is 13.5. The third-order valence-electron chi connectivity index (χ3n) is 4.16. The largest absolute Gasteiger partial charge is 0.375 e. The van der Waals surface area contributed by atoms with Gasteiger partial charge in [0.15, 0.2) is 0 Å². The lowest BCUT2D eigenvalue weighted by molar-refractivity contribution is -0.116. The second kappa shape index (κ2) is 8.58. The van der Waals surface area contributed by atoms with Crippen molar-refractivity contribution in [3.63, 3.8) is 0 Å². The fraction of sp³-hybridized carbons (Fsp3) is 0.300. The topological polar surface area (TPSA) is 54.5 Å². The Labute approximate surface area is 152 Å². The van der Waals surface area contributed by atoms with E-state index in [4.69, 9.17) is 4.74 Å². The van der Waals surface area contributed by atoms with Gasteiger partial charge >= 0.3 is 0 Å². The molecule has 0 spiro atoms. The van der Waals surface area contributed by atoms with Crippen molar-refractivity contribution in [2.24, 2.45) is 0 Å². The molecule has 136 valence electrons. The fourth-order valence-corrected chi connectivity index (χ4v) is 2.76. The first-order chi connectivity index (χ1) is 12.6. The fourth-order valence-electron chi connectivity index (χ4n) is 2.76. The molecule has 1 aliphatic rings. The third-order valence-corrected chi connectivity index (χ3v) is 4.16. The van der Waals surface area contributed by atoms with Gasteiger partial charge < -0.3 is 15.0 Å². The minimum atomic E-state index is -0.353. The number of amides is 1. The van der Waals surface area contributed by atoms with Crippen LogP contribution in [0.1, 0.15) is 18.1 Å². The van der Waals surface area contributed by atoms with E-state index in [9.17, 15) is 9.18 Å². The van der Waals surface area contributed by atoms with Crippen molar-refractivity contribution in [2.45, 2.75) is 19.6 Å². The van der Waals surface area contributed by atoms with Gasteiger partial charge in [0.25, 0.3) is 0 Å². The molecular formula is C20H22FN3O2. The molecule has 1 aromatic carbocycles. The predicted molar refractivity (Wildman–Crippen MR) is 99.1 cm³/mol. The lowest BCUT2D eigenvalue weighted by Crippen LogP contribution is -2.41. The first-order valence-corrected chi connectivity index (χ1v) is 8.64. The van der Waals surface area contributed by atoms with Crippen LogP contribution in [0.5, 0.6) is 0 Å². The van der Waals surface area contributed by atoms with Gasteiger partial charge in [-0.2, -0.15) is 0 Å². The molecule has 1 unspecified atom stereocenters. The number of carbonyl (C=O) groups excluding carboxylic acids is 1. The van der Waals surface area contributed by atoms with E-state index in [0.717, 1.165) is 24.5 Å². The van der Waals surface area contributed by atoms with Crippen LogP contribution in [-0.4, -0.2) is 36.7 Å². The number of ether oxygens (including phenoxy) is 1. The van der Waals surface area contributed by atoms with Gasteiger partial charge in [0, 0.05) is 37.5 Å². The van der Waals surface area contributed by atoms with Crippen LogP contribution in [0.15, 0.2) is 48.7 Å². The molecule has 1 aliphatic heterocycles. The summed E-state index contributed by atoms with van der Waals surface area (Å²) in [6, 6.07) is 10.2. The quantitative estimate of drug-likeness (QED) is 0.838. The number of nitrogens with one attached hydrogen (secondary N) is 1. The van der Waals surface area contributed by atoms with Crippen molar-refractivity contribution in [1.29, 1.82) is 0 Å². The molecule has 0 aliphatic carbocycles. The van der Waals surface area contributed by atoms with E-state index in [-0.39, 0.29) is 17.8 Å². The summed E-state index contributed by atoms with van der Waals surface area (Å²) in [6.07, 6.45) is 4.75. The number of hydrogen-bond donors (Lipinski definition) is 1. The first-order valence-electron chi connectivity index (χ1n) is 8.64. The maximum absolute atomic E-state index is 13.5. The predicted octanol–water partition coefficient (Wildman–Crippen LogP) is 2.78. The molecule has 6 heteroatoms. The molecule has 26 heavy (non-hydrogen) atoms. The molecule has 1 saturated heterocycles. The number of aromatic nitrogens is 1. The Kier molecular flexibility index (Phi) is 5.96. The highest BCUT2D eigenvalue weighted by Gasteiger charge is 2.17. The van der Waals surface area contributed by atoms with Crippen LogP contribution in [-0.2, 0) is 16.1 Å². The van der Waals surface area contributed by atoms with Gasteiger partial charge in [-0.3, -0.25) is 4.79 Å². The van der Waals surface area contributed by atoms with E-state index in [1.165, 1.54) is 18.2 Å². The van der Waals surface area contributed by atoms with Gasteiger partial charge in [0.1, 0.15) is 11.6 Å². The average molecular weight is 355 g/mol. The maximum Gasteiger partial charge on any atom is 0.244 e. The minimum Gasteiger partial charge on any atom is -0.375 e. The van der Waals surface area contributed by atoms with Crippen molar-refractivity contribution < 1.29 is 13.9 Å². The number of nitrogens with zero attached hydrogens (tertiary/aromatic N) is 2. The number of morpholine rings is 1. The van der Waals surface area contributed by atoms with E-state index in [0.29, 0.717) is 18.7 Å².